The van der Waals surface area contributed by atoms with Crippen LogP contribution in [0.5, 0.6) is 0 Å². The molecule has 6 heteroatoms. The van der Waals surface area contributed by atoms with E-state index in [1.165, 1.54) is 6.26 Å². The van der Waals surface area contributed by atoms with E-state index in [1.807, 2.05) is 31.4 Å². The number of nitriles is 1. The molecule has 0 aliphatic heterocycles. The Bertz CT molecular complexity index is 836. The number of hydrogen-bond acceptors (Lipinski definition) is 4. The van der Waals surface area contributed by atoms with Gasteiger partial charge >= 0.3 is 0 Å². The van der Waals surface area contributed by atoms with Crippen LogP contribution in [-0.4, -0.2) is 24.2 Å². The van der Waals surface area contributed by atoms with E-state index in [-0.39, 0.29) is 5.54 Å². The average molecular weight is 305 g/mol. The highest BCUT2D eigenvalue weighted by Crippen LogP contribution is 2.31. The summed E-state index contributed by atoms with van der Waals surface area (Å²) >= 11 is 0. The van der Waals surface area contributed by atoms with Crippen LogP contribution in [0.3, 0.4) is 0 Å². The van der Waals surface area contributed by atoms with Crippen LogP contribution in [0.4, 0.5) is 0 Å². The van der Waals surface area contributed by atoms with Gasteiger partial charge in [-0.15, -0.1) is 0 Å². The number of benzene rings is 1. The van der Waals surface area contributed by atoms with Crippen LogP contribution < -0.4 is 0 Å². The zero-order valence-corrected chi connectivity index (χ0v) is 13.7. The van der Waals surface area contributed by atoms with Gasteiger partial charge in [0.1, 0.15) is 11.1 Å². The molecule has 0 radical (unpaired) electrons. The lowest BCUT2D eigenvalue weighted by Crippen LogP contribution is -2.26. The van der Waals surface area contributed by atoms with Crippen molar-refractivity contribution in [2.75, 3.05) is 6.26 Å². The summed E-state index contributed by atoms with van der Waals surface area (Å²) in [5, 5.41) is 8.29. The standard InChI is InChI=1S/C15H19N3O2S/c1-10(21(5,19)20)14-17-12-8-11(9-16)6-7-13(12)18(14)15(2,3)4/h6-8,10H,1-5H3. The van der Waals surface area contributed by atoms with Crippen LogP contribution in [-0.2, 0) is 15.4 Å². The summed E-state index contributed by atoms with van der Waals surface area (Å²) < 4.78 is 25.7. The molecule has 1 aromatic carbocycles. The fraction of sp³-hybridized carbons (Fsp3) is 0.467. The predicted octanol–water partition coefficient (Wildman–Crippen LogP) is 2.77. The van der Waals surface area contributed by atoms with Crippen molar-refractivity contribution in [1.82, 2.24) is 9.55 Å². The third-order valence-electron chi connectivity index (χ3n) is 3.49. The summed E-state index contributed by atoms with van der Waals surface area (Å²) in [6.45, 7) is 7.66. The molecule has 5 nitrogen and oxygen atoms in total. The fourth-order valence-electron chi connectivity index (χ4n) is 2.34. The zero-order chi connectivity index (χ0) is 16.0. The second kappa shape index (κ2) is 4.85. The molecule has 0 N–H and O–H groups in total. The van der Waals surface area contributed by atoms with Gasteiger partial charge in [-0.25, -0.2) is 13.4 Å². The molecule has 1 heterocycles. The van der Waals surface area contributed by atoms with E-state index in [2.05, 4.69) is 11.1 Å². The number of imidazole rings is 1. The van der Waals surface area contributed by atoms with Crippen molar-refractivity contribution in [3.8, 4) is 6.07 Å². The van der Waals surface area contributed by atoms with Gasteiger partial charge in [-0.2, -0.15) is 5.26 Å². The Hall–Kier alpha value is -1.87. The van der Waals surface area contributed by atoms with E-state index in [4.69, 9.17) is 5.26 Å². The summed E-state index contributed by atoms with van der Waals surface area (Å²) in [6, 6.07) is 7.32. The third kappa shape index (κ3) is 2.79. The van der Waals surface area contributed by atoms with E-state index < -0.39 is 15.1 Å². The highest BCUT2D eigenvalue weighted by molar-refractivity contribution is 7.90. The maximum absolute atomic E-state index is 11.9. The van der Waals surface area contributed by atoms with Crippen molar-refractivity contribution in [2.45, 2.75) is 38.5 Å². The number of aromatic nitrogens is 2. The van der Waals surface area contributed by atoms with Gasteiger partial charge in [0.25, 0.3) is 0 Å². The van der Waals surface area contributed by atoms with Crippen molar-refractivity contribution < 1.29 is 8.42 Å². The molecule has 0 fully saturated rings. The molecule has 0 aliphatic rings. The van der Waals surface area contributed by atoms with Crippen LogP contribution in [0.2, 0.25) is 0 Å². The molecule has 112 valence electrons. The monoisotopic (exact) mass is 305 g/mol. The van der Waals surface area contributed by atoms with Gasteiger partial charge < -0.3 is 4.57 Å². The van der Waals surface area contributed by atoms with E-state index in [9.17, 15) is 8.42 Å². The highest BCUT2D eigenvalue weighted by Gasteiger charge is 2.29. The SMILES string of the molecule is CC(c1nc2cc(C#N)ccc2n1C(C)(C)C)S(C)(=O)=O. The molecule has 0 bridgehead atoms. The number of rotatable bonds is 2. The molecule has 0 aliphatic carbocycles. The first-order valence-corrected chi connectivity index (χ1v) is 8.63. The molecule has 1 atom stereocenters. The van der Waals surface area contributed by atoms with E-state index in [0.717, 1.165) is 5.52 Å². The van der Waals surface area contributed by atoms with E-state index >= 15 is 0 Å². The molecule has 1 aromatic heterocycles. The van der Waals surface area contributed by atoms with Crippen molar-refractivity contribution in [3.63, 3.8) is 0 Å². The maximum atomic E-state index is 11.9. The minimum Gasteiger partial charge on any atom is -0.322 e. The first-order chi connectivity index (χ1) is 9.55. The molecular weight excluding hydrogens is 286 g/mol. The van der Waals surface area contributed by atoms with Crippen LogP contribution >= 0.6 is 0 Å². The second-order valence-electron chi connectivity index (χ2n) is 6.26. The predicted molar refractivity (Wildman–Crippen MR) is 82.7 cm³/mol. The Balaban J connectivity index is 2.84. The quantitative estimate of drug-likeness (QED) is 0.855. The molecule has 21 heavy (non-hydrogen) atoms. The summed E-state index contributed by atoms with van der Waals surface area (Å²) in [7, 11) is -3.25. The number of fused-ring (bicyclic) bond motifs is 1. The summed E-state index contributed by atoms with van der Waals surface area (Å²) in [5.74, 6) is 0.509. The average Bonchev–Trinajstić information content (AvgIpc) is 2.74. The Morgan fingerprint density at radius 1 is 1.33 bits per heavy atom. The fourth-order valence-corrected chi connectivity index (χ4v) is 2.88. The maximum Gasteiger partial charge on any atom is 0.157 e. The van der Waals surface area contributed by atoms with E-state index in [1.54, 1.807) is 19.1 Å². The zero-order valence-electron chi connectivity index (χ0n) is 12.9. The number of hydrogen-bond donors (Lipinski definition) is 0. The van der Waals surface area contributed by atoms with Gasteiger partial charge in [-0.1, -0.05) is 0 Å². The minimum atomic E-state index is -3.25. The van der Waals surface area contributed by atoms with Gasteiger partial charge in [-0.3, -0.25) is 0 Å². The first-order valence-electron chi connectivity index (χ1n) is 6.67. The molecule has 2 aromatic rings. The Morgan fingerprint density at radius 2 is 1.95 bits per heavy atom. The van der Waals surface area contributed by atoms with Gasteiger partial charge in [0, 0.05) is 11.8 Å². The van der Waals surface area contributed by atoms with Crippen molar-refractivity contribution in [1.29, 1.82) is 5.26 Å². The number of nitrogens with zero attached hydrogens (tertiary/aromatic N) is 3. The van der Waals surface area contributed by atoms with Crippen LogP contribution in [0, 0.1) is 11.3 Å². The Labute approximate surface area is 125 Å². The second-order valence-corrected chi connectivity index (χ2v) is 8.63. The van der Waals surface area contributed by atoms with Crippen LogP contribution in [0.1, 0.15) is 44.3 Å². The smallest absolute Gasteiger partial charge is 0.157 e. The topological polar surface area (TPSA) is 75.8 Å². The first kappa shape index (κ1) is 15.5. The lowest BCUT2D eigenvalue weighted by molar-refractivity contribution is 0.393. The lowest BCUT2D eigenvalue weighted by atomic mass is 10.1. The van der Waals surface area contributed by atoms with Crippen LogP contribution in [0.25, 0.3) is 11.0 Å². The largest absolute Gasteiger partial charge is 0.322 e. The minimum absolute atomic E-state index is 0.308. The molecule has 1 unspecified atom stereocenters. The summed E-state index contributed by atoms with van der Waals surface area (Å²) in [4.78, 5) is 4.49. The van der Waals surface area contributed by atoms with Crippen molar-refractivity contribution in [3.05, 3.63) is 29.6 Å². The van der Waals surface area contributed by atoms with E-state index in [0.29, 0.717) is 16.9 Å². The van der Waals surface area contributed by atoms with Gasteiger partial charge in [0.15, 0.2) is 9.84 Å². The van der Waals surface area contributed by atoms with Gasteiger partial charge in [0.05, 0.1) is 22.7 Å². The third-order valence-corrected chi connectivity index (χ3v) is 4.98. The molecule has 0 saturated heterocycles. The molecule has 0 amide bonds. The Morgan fingerprint density at radius 3 is 2.43 bits per heavy atom. The van der Waals surface area contributed by atoms with Crippen LogP contribution in [0.15, 0.2) is 18.2 Å². The van der Waals surface area contributed by atoms with Gasteiger partial charge in [-0.05, 0) is 45.9 Å². The molecule has 0 spiro atoms. The van der Waals surface area contributed by atoms with Crippen molar-refractivity contribution >= 4 is 20.9 Å². The normalized spacial score (nSPS) is 14.1. The summed E-state index contributed by atoms with van der Waals surface area (Å²) in [5.41, 5.74) is 1.69. The molecular formula is C15H19N3O2S. The molecule has 0 saturated carbocycles. The Kier molecular flexibility index (Phi) is 3.58. The van der Waals surface area contributed by atoms with Gasteiger partial charge in [0.2, 0.25) is 0 Å². The molecule has 2 rings (SSSR count). The summed E-state index contributed by atoms with van der Waals surface area (Å²) in [6.07, 6.45) is 1.21. The van der Waals surface area contributed by atoms with Crippen molar-refractivity contribution in [2.24, 2.45) is 0 Å². The lowest BCUT2D eigenvalue weighted by Gasteiger charge is -2.26. The number of sulfone groups is 1. The highest BCUT2D eigenvalue weighted by atomic mass is 32.2.